The number of hydrogen-bond donors (Lipinski definition) is 1. The van der Waals surface area contributed by atoms with E-state index in [0.717, 1.165) is 11.8 Å². The van der Waals surface area contributed by atoms with Crippen molar-refractivity contribution < 1.29 is 0 Å². The molecule has 2 nitrogen and oxygen atoms in total. The molecule has 3 heteroatoms. The van der Waals surface area contributed by atoms with Gasteiger partial charge in [-0.1, -0.05) is 25.7 Å². The number of halogens is 1. The van der Waals surface area contributed by atoms with Gasteiger partial charge in [-0.15, -0.1) is 12.4 Å². The second-order valence-electron chi connectivity index (χ2n) is 6.16. The summed E-state index contributed by atoms with van der Waals surface area (Å²) in [7, 11) is 2.08. The normalized spacial score (nSPS) is 24.5. The zero-order chi connectivity index (χ0) is 11.9. The molecule has 2 rings (SSSR count). The van der Waals surface area contributed by atoms with Crippen LogP contribution in [0.25, 0.3) is 0 Å². The average molecular weight is 275 g/mol. The van der Waals surface area contributed by atoms with Gasteiger partial charge in [-0.05, 0) is 64.2 Å². The molecule has 2 aliphatic rings. The van der Waals surface area contributed by atoms with Crippen LogP contribution >= 0.6 is 12.4 Å². The fraction of sp³-hybridized carbons (Fsp3) is 1.00. The van der Waals surface area contributed by atoms with Crippen LogP contribution in [-0.2, 0) is 0 Å². The molecule has 1 saturated heterocycles. The van der Waals surface area contributed by atoms with Crippen molar-refractivity contribution in [2.24, 2.45) is 11.8 Å². The van der Waals surface area contributed by atoms with Crippen molar-refractivity contribution in [1.82, 2.24) is 10.2 Å². The van der Waals surface area contributed by atoms with E-state index in [1.165, 1.54) is 77.5 Å². The Morgan fingerprint density at radius 2 is 1.50 bits per heavy atom. The van der Waals surface area contributed by atoms with E-state index in [1.807, 2.05) is 0 Å². The molecule has 0 aromatic heterocycles. The van der Waals surface area contributed by atoms with Gasteiger partial charge in [-0.2, -0.15) is 0 Å². The summed E-state index contributed by atoms with van der Waals surface area (Å²) in [5.41, 5.74) is 0. The van der Waals surface area contributed by atoms with E-state index < -0.39 is 0 Å². The highest BCUT2D eigenvalue weighted by Gasteiger charge is 2.21. The summed E-state index contributed by atoms with van der Waals surface area (Å²) in [5, 5.41) is 3.32. The molecule has 2 fully saturated rings. The van der Waals surface area contributed by atoms with Crippen LogP contribution in [0.3, 0.4) is 0 Å². The Morgan fingerprint density at radius 3 is 2.06 bits per heavy atom. The van der Waals surface area contributed by atoms with Crippen molar-refractivity contribution in [2.45, 2.75) is 51.4 Å². The topological polar surface area (TPSA) is 15.3 Å². The van der Waals surface area contributed by atoms with E-state index in [4.69, 9.17) is 0 Å². The summed E-state index contributed by atoms with van der Waals surface area (Å²) in [6, 6.07) is 0. The molecule has 108 valence electrons. The minimum Gasteiger partial charge on any atom is -0.319 e. The van der Waals surface area contributed by atoms with Crippen LogP contribution in [0.5, 0.6) is 0 Å². The van der Waals surface area contributed by atoms with Crippen LogP contribution in [0, 0.1) is 11.8 Å². The van der Waals surface area contributed by atoms with Gasteiger partial charge in [0.1, 0.15) is 0 Å². The van der Waals surface area contributed by atoms with Crippen molar-refractivity contribution in [3.05, 3.63) is 0 Å². The van der Waals surface area contributed by atoms with Crippen LogP contribution in [0.1, 0.15) is 51.4 Å². The number of rotatable bonds is 4. The number of nitrogens with zero attached hydrogens (tertiary/aromatic N) is 1. The van der Waals surface area contributed by atoms with Gasteiger partial charge in [-0.25, -0.2) is 0 Å². The fourth-order valence-corrected chi connectivity index (χ4v) is 3.57. The summed E-state index contributed by atoms with van der Waals surface area (Å²) in [4.78, 5) is 2.74. The molecule has 0 unspecified atom stereocenters. The minimum absolute atomic E-state index is 0. The van der Waals surface area contributed by atoms with Crippen LogP contribution in [-0.4, -0.2) is 38.1 Å². The molecule has 0 amide bonds. The highest BCUT2D eigenvalue weighted by Crippen LogP contribution is 2.25. The number of hydrogen-bond acceptors (Lipinski definition) is 2. The lowest BCUT2D eigenvalue weighted by Crippen LogP contribution is -2.39. The monoisotopic (exact) mass is 274 g/mol. The molecular formula is C15H31ClN2. The lowest BCUT2D eigenvalue weighted by molar-refractivity contribution is 0.154. The van der Waals surface area contributed by atoms with Crippen LogP contribution in [0.4, 0.5) is 0 Å². The SMILES string of the molecule is CNCC1CCN(CC2CCCCCC2)CC1.Cl. The molecule has 0 aromatic carbocycles. The third kappa shape index (κ3) is 5.46. The maximum Gasteiger partial charge on any atom is 0.000966 e. The number of likely N-dealkylation sites (tertiary alicyclic amines) is 1. The molecule has 0 radical (unpaired) electrons. The molecule has 0 bridgehead atoms. The first-order valence-corrected chi connectivity index (χ1v) is 7.75. The molecule has 1 N–H and O–H groups in total. The Kier molecular flexibility index (Phi) is 8.28. The summed E-state index contributed by atoms with van der Waals surface area (Å²) in [6.07, 6.45) is 11.8. The molecule has 1 saturated carbocycles. The summed E-state index contributed by atoms with van der Waals surface area (Å²) in [5.74, 6) is 1.95. The molecule has 0 aromatic rings. The van der Waals surface area contributed by atoms with Crippen LogP contribution in [0.15, 0.2) is 0 Å². The fourth-order valence-electron chi connectivity index (χ4n) is 3.57. The third-order valence-electron chi connectivity index (χ3n) is 4.69. The van der Waals surface area contributed by atoms with E-state index >= 15 is 0 Å². The van der Waals surface area contributed by atoms with Gasteiger partial charge < -0.3 is 10.2 Å². The zero-order valence-corrected chi connectivity index (χ0v) is 12.8. The molecule has 1 aliphatic heterocycles. The molecular weight excluding hydrogens is 244 g/mol. The lowest BCUT2D eigenvalue weighted by atomic mass is 9.94. The van der Waals surface area contributed by atoms with Crippen molar-refractivity contribution in [1.29, 1.82) is 0 Å². The smallest absolute Gasteiger partial charge is 0.000966 e. The van der Waals surface area contributed by atoms with Gasteiger partial charge in [0, 0.05) is 6.54 Å². The highest BCUT2D eigenvalue weighted by atomic mass is 35.5. The Balaban J connectivity index is 0.00000162. The van der Waals surface area contributed by atoms with Crippen molar-refractivity contribution >= 4 is 12.4 Å². The second kappa shape index (κ2) is 9.17. The molecule has 0 atom stereocenters. The Bertz CT molecular complexity index is 195. The maximum absolute atomic E-state index is 3.32. The number of piperidine rings is 1. The van der Waals surface area contributed by atoms with Gasteiger partial charge in [0.05, 0.1) is 0 Å². The maximum atomic E-state index is 3.32. The summed E-state index contributed by atoms with van der Waals surface area (Å²) in [6.45, 7) is 5.31. The van der Waals surface area contributed by atoms with E-state index in [0.29, 0.717) is 0 Å². The van der Waals surface area contributed by atoms with E-state index in [-0.39, 0.29) is 12.4 Å². The average Bonchev–Trinajstić information content (AvgIpc) is 2.61. The van der Waals surface area contributed by atoms with Crippen molar-refractivity contribution in [3.8, 4) is 0 Å². The molecule has 1 aliphatic carbocycles. The minimum atomic E-state index is 0. The summed E-state index contributed by atoms with van der Waals surface area (Å²) < 4.78 is 0. The highest BCUT2D eigenvalue weighted by molar-refractivity contribution is 5.85. The van der Waals surface area contributed by atoms with Gasteiger partial charge in [0.15, 0.2) is 0 Å². The Morgan fingerprint density at radius 1 is 0.889 bits per heavy atom. The standard InChI is InChI=1S/C15H30N2.ClH/c1-16-12-14-8-10-17(11-9-14)13-15-6-4-2-3-5-7-15;/h14-16H,2-13H2,1H3;1H. The van der Waals surface area contributed by atoms with E-state index in [1.54, 1.807) is 0 Å². The first-order chi connectivity index (χ1) is 8.38. The summed E-state index contributed by atoms with van der Waals surface area (Å²) >= 11 is 0. The van der Waals surface area contributed by atoms with Crippen LogP contribution < -0.4 is 5.32 Å². The first kappa shape index (κ1) is 16.3. The predicted octanol–water partition coefficient (Wildman–Crippen LogP) is 3.31. The lowest BCUT2D eigenvalue weighted by Gasteiger charge is -2.34. The quantitative estimate of drug-likeness (QED) is 0.792. The van der Waals surface area contributed by atoms with E-state index in [2.05, 4.69) is 17.3 Å². The van der Waals surface area contributed by atoms with Crippen molar-refractivity contribution in [2.75, 3.05) is 33.2 Å². The van der Waals surface area contributed by atoms with Gasteiger partial charge in [0.2, 0.25) is 0 Å². The molecule has 0 spiro atoms. The Labute approximate surface area is 119 Å². The van der Waals surface area contributed by atoms with Gasteiger partial charge in [0.25, 0.3) is 0 Å². The van der Waals surface area contributed by atoms with Gasteiger partial charge in [-0.3, -0.25) is 0 Å². The second-order valence-corrected chi connectivity index (χ2v) is 6.16. The zero-order valence-electron chi connectivity index (χ0n) is 12.0. The largest absolute Gasteiger partial charge is 0.319 e. The predicted molar refractivity (Wildman–Crippen MR) is 81.5 cm³/mol. The first-order valence-electron chi connectivity index (χ1n) is 7.75. The Hall–Kier alpha value is 0.210. The van der Waals surface area contributed by atoms with Gasteiger partial charge >= 0.3 is 0 Å². The van der Waals surface area contributed by atoms with E-state index in [9.17, 15) is 0 Å². The molecule has 1 heterocycles. The molecule has 18 heavy (non-hydrogen) atoms. The third-order valence-corrected chi connectivity index (χ3v) is 4.69. The number of nitrogens with one attached hydrogen (secondary N) is 1. The van der Waals surface area contributed by atoms with Crippen LogP contribution in [0.2, 0.25) is 0 Å². The van der Waals surface area contributed by atoms with Crippen molar-refractivity contribution in [3.63, 3.8) is 0 Å².